The molecule has 2 N–H and O–H groups in total. The molecule has 1 aliphatic heterocycles. The minimum absolute atomic E-state index is 0.0988. The van der Waals surface area contributed by atoms with Crippen LogP contribution in [0.15, 0.2) is 9.90 Å². The minimum Gasteiger partial charge on any atom is -0.494 e. The van der Waals surface area contributed by atoms with Crippen molar-refractivity contribution in [3.8, 4) is 5.88 Å². The van der Waals surface area contributed by atoms with Crippen molar-refractivity contribution in [1.29, 1.82) is 0 Å². The molecule has 0 amide bonds. The van der Waals surface area contributed by atoms with E-state index in [2.05, 4.69) is 10.1 Å². The molecular weight excluding hydrogens is 280 g/mol. The van der Waals surface area contributed by atoms with Crippen LogP contribution in [0.4, 0.5) is 0 Å². The predicted molar refractivity (Wildman–Crippen MR) is 75.8 cm³/mol. The van der Waals surface area contributed by atoms with E-state index in [0.29, 0.717) is 26.3 Å². The summed E-state index contributed by atoms with van der Waals surface area (Å²) in [5.41, 5.74) is -0.265. The molecule has 3 rings (SSSR count). The molecule has 1 aliphatic carbocycles. The number of morpholine rings is 1. The highest BCUT2D eigenvalue weighted by Gasteiger charge is 2.27. The van der Waals surface area contributed by atoms with Crippen molar-refractivity contribution in [1.82, 2.24) is 14.6 Å². The van der Waals surface area contributed by atoms with Gasteiger partial charge in [0.05, 0.1) is 32.5 Å². The molecule has 1 aromatic rings. The standard InChI is InChI=1S/C12H16N4O3S/c17-10-9(7-13-15-3-5-19-6-4-15)11(18)16(8-1-2-8)12(20)14-10/h7-8,18H,1-6H2,(H,14,17,20)/b13-7+. The number of hydrogen-bond acceptors (Lipinski definition) is 6. The smallest absolute Gasteiger partial charge is 0.264 e. The zero-order valence-corrected chi connectivity index (χ0v) is 11.7. The van der Waals surface area contributed by atoms with E-state index in [4.69, 9.17) is 17.0 Å². The van der Waals surface area contributed by atoms with E-state index in [1.807, 2.05) is 5.01 Å². The van der Waals surface area contributed by atoms with Crippen LogP contribution in [0.3, 0.4) is 0 Å². The lowest BCUT2D eigenvalue weighted by molar-refractivity contribution is 0.0396. The summed E-state index contributed by atoms with van der Waals surface area (Å²) < 4.78 is 7.08. The van der Waals surface area contributed by atoms with Gasteiger partial charge in [-0.25, -0.2) is 0 Å². The van der Waals surface area contributed by atoms with Gasteiger partial charge in [-0.3, -0.25) is 19.4 Å². The van der Waals surface area contributed by atoms with Gasteiger partial charge in [-0.15, -0.1) is 0 Å². The molecule has 7 nitrogen and oxygen atoms in total. The second kappa shape index (κ2) is 5.37. The fourth-order valence-corrected chi connectivity index (χ4v) is 2.48. The van der Waals surface area contributed by atoms with Gasteiger partial charge in [0.2, 0.25) is 5.88 Å². The first kappa shape index (κ1) is 13.3. The van der Waals surface area contributed by atoms with Crippen molar-refractivity contribution in [2.45, 2.75) is 18.9 Å². The van der Waals surface area contributed by atoms with Gasteiger partial charge in [0, 0.05) is 6.04 Å². The Morgan fingerprint density at radius 1 is 1.40 bits per heavy atom. The topological polar surface area (TPSA) is 82.8 Å². The Hall–Kier alpha value is -1.67. The van der Waals surface area contributed by atoms with Crippen LogP contribution in [0.25, 0.3) is 0 Å². The van der Waals surface area contributed by atoms with E-state index in [-0.39, 0.29) is 22.3 Å². The van der Waals surface area contributed by atoms with E-state index in [1.54, 1.807) is 4.57 Å². The summed E-state index contributed by atoms with van der Waals surface area (Å²) in [6.45, 7) is 2.59. The number of aromatic hydroxyl groups is 1. The third-order valence-corrected chi connectivity index (χ3v) is 3.70. The second-order valence-corrected chi connectivity index (χ2v) is 5.30. The summed E-state index contributed by atoms with van der Waals surface area (Å²) in [4.78, 5) is 14.5. The number of aromatic amines is 1. The van der Waals surface area contributed by atoms with Gasteiger partial charge in [-0.1, -0.05) is 0 Å². The van der Waals surface area contributed by atoms with Crippen LogP contribution >= 0.6 is 12.2 Å². The fraction of sp³-hybridized carbons (Fsp3) is 0.583. The molecule has 0 aromatic carbocycles. The Kier molecular flexibility index (Phi) is 3.58. The summed E-state index contributed by atoms with van der Waals surface area (Å²) in [6.07, 6.45) is 3.33. The third kappa shape index (κ3) is 2.61. The van der Waals surface area contributed by atoms with E-state index >= 15 is 0 Å². The average molecular weight is 296 g/mol. The maximum absolute atomic E-state index is 11.9. The number of aromatic nitrogens is 2. The quantitative estimate of drug-likeness (QED) is 0.631. The second-order valence-electron chi connectivity index (χ2n) is 4.91. The largest absolute Gasteiger partial charge is 0.494 e. The highest BCUT2D eigenvalue weighted by Crippen LogP contribution is 2.37. The van der Waals surface area contributed by atoms with Gasteiger partial charge in [0.15, 0.2) is 4.77 Å². The van der Waals surface area contributed by atoms with Crippen LogP contribution < -0.4 is 5.56 Å². The Balaban J connectivity index is 1.92. The molecule has 1 saturated carbocycles. The maximum Gasteiger partial charge on any atom is 0.264 e. The number of ether oxygens (including phenoxy) is 1. The summed E-state index contributed by atoms with van der Waals surface area (Å²) >= 11 is 5.09. The molecule has 0 radical (unpaired) electrons. The monoisotopic (exact) mass is 296 g/mol. The number of hydrazone groups is 1. The van der Waals surface area contributed by atoms with Crippen molar-refractivity contribution < 1.29 is 9.84 Å². The molecule has 20 heavy (non-hydrogen) atoms. The first-order valence-corrected chi connectivity index (χ1v) is 7.02. The predicted octanol–water partition coefficient (Wildman–Crippen LogP) is 0.612. The SMILES string of the molecule is O=c1[nH]c(=S)n(C2CC2)c(O)c1/C=N/N1CCOCC1. The molecule has 1 saturated heterocycles. The van der Waals surface area contributed by atoms with Gasteiger partial charge in [-0.2, -0.15) is 5.10 Å². The number of hydrogen-bond donors (Lipinski definition) is 2. The van der Waals surface area contributed by atoms with Gasteiger partial charge < -0.3 is 9.84 Å². The first-order valence-electron chi connectivity index (χ1n) is 6.61. The molecule has 2 heterocycles. The van der Waals surface area contributed by atoms with Crippen molar-refractivity contribution in [2.75, 3.05) is 26.3 Å². The van der Waals surface area contributed by atoms with Crippen molar-refractivity contribution in [3.05, 3.63) is 20.7 Å². The van der Waals surface area contributed by atoms with Crippen molar-refractivity contribution in [3.63, 3.8) is 0 Å². The number of nitrogens with one attached hydrogen (secondary N) is 1. The van der Waals surface area contributed by atoms with Crippen LogP contribution in [-0.4, -0.2) is 52.2 Å². The Morgan fingerprint density at radius 2 is 2.10 bits per heavy atom. The number of nitrogens with zero attached hydrogens (tertiary/aromatic N) is 3. The van der Waals surface area contributed by atoms with Gasteiger partial charge in [-0.05, 0) is 25.1 Å². The third-order valence-electron chi connectivity index (χ3n) is 3.40. The summed E-state index contributed by atoms with van der Waals surface area (Å²) in [5, 5.41) is 16.3. The summed E-state index contributed by atoms with van der Waals surface area (Å²) in [5.74, 6) is -0.0988. The Morgan fingerprint density at radius 3 is 2.75 bits per heavy atom. The molecular formula is C12H16N4O3S. The average Bonchev–Trinajstić information content (AvgIpc) is 3.24. The van der Waals surface area contributed by atoms with E-state index in [0.717, 1.165) is 12.8 Å². The van der Waals surface area contributed by atoms with Crippen LogP contribution in [0.1, 0.15) is 24.4 Å². The molecule has 0 atom stereocenters. The first-order chi connectivity index (χ1) is 9.66. The van der Waals surface area contributed by atoms with E-state index < -0.39 is 5.56 Å². The lowest BCUT2D eigenvalue weighted by Gasteiger charge is -2.23. The summed E-state index contributed by atoms with van der Waals surface area (Å²) in [6, 6.07) is 0.190. The molecule has 108 valence electrons. The van der Waals surface area contributed by atoms with Crippen molar-refractivity contribution in [2.24, 2.45) is 5.10 Å². The van der Waals surface area contributed by atoms with Crippen molar-refractivity contribution >= 4 is 18.4 Å². The number of H-pyrrole nitrogens is 1. The van der Waals surface area contributed by atoms with Gasteiger partial charge in [0.1, 0.15) is 5.56 Å². The van der Waals surface area contributed by atoms with Crippen LogP contribution in [-0.2, 0) is 4.74 Å². The highest BCUT2D eigenvalue weighted by atomic mass is 32.1. The van der Waals surface area contributed by atoms with Gasteiger partial charge in [0.25, 0.3) is 5.56 Å². The molecule has 0 unspecified atom stereocenters. The molecule has 1 aromatic heterocycles. The normalized spacial score (nSPS) is 19.7. The lowest BCUT2D eigenvalue weighted by Crippen LogP contribution is -2.32. The highest BCUT2D eigenvalue weighted by molar-refractivity contribution is 7.71. The molecule has 2 aliphatic rings. The van der Waals surface area contributed by atoms with Crippen LogP contribution in [0.2, 0.25) is 0 Å². The molecule has 0 bridgehead atoms. The fourth-order valence-electron chi connectivity index (χ4n) is 2.15. The minimum atomic E-state index is -0.415. The van der Waals surface area contributed by atoms with E-state index in [1.165, 1.54) is 6.21 Å². The number of rotatable bonds is 3. The zero-order valence-electron chi connectivity index (χ0n) is 10.9. The van der Waals surface area contributed by atoms with Crippen LogP contribution in [0.5, 0.6) is 5.88 Å². The zero-order chi connectivity index (χ0) is 14.1. The Bertz CT molecular complexity index is 641. The van der Waals surface area contributed by atoms with Crippen LogP contribution in [0, 0.1) is 4.77 Å². The van der Waals surface area contributed by atoms with Gasteiger partial charge >= 0.3 is 0 Å². The lowest BCUT2D eigenvalue weighted by atomic mass is 10.3. The van der Waals surface area contributed by atoms with E-state index in [9.17, 15) is 9.90 Å². The molecule has 8 heteroatoms. The molecule has 0 spiro atoms. The Labute approximate surface area is 120 Å². The summed E-state index contributed by atoms with van der Waals surface area (Å²) in [7, 11) is 0. The molecule has 2 fully saturated rings. The maximum atomic E-state index is 11.9.